The van der Waals surface area contributed by atoms with E-state index in [9.17, 15) is 5.11 Å². The van der Waals surface area contributed by atoms with Crippen molar-refractivity contribution in [3.05, 3.63) is 58.6 Å². The van der Waals surface area contributed by atoms with Crippen molar-refractivity contribution in [2.24, 2.45) is 0 Å². The minimum absolute atomic E-state index is 0.168. The molecule has 0 amide bonds. The molecular weight excluding hydrogens is 268 g/mol. The van der Waals surface area contributed by atoms with Crippen molar-refractivity contribution in [3.8, 4) is 0 Å². The fourth-order valence-electron chi connectivity index (χ4n) is 1.25. The summed E-state index contributed by atoms with van der Waals surface area (Å²) in [5.74, 6) is 0.168. The zero-order valence-electron chi connectivity index (χ0n) is 8.34. The number of rotatable bonds is 2. The van der Waals surface area contributed by atoms with E-state index in [-0.39, 0.29) is 5.76 Å². The van der Waals surface area contributed by atoms with Crippen molar-refractivity contribution in [3.63, 3.8) is 0 Å². The standard InChI is InChI=1S/C12H9BrN2O/c13-12-7-9(4-6-15-12)11(16)8-10-3-1-2-5-14-10/h1-8,16H. The van der Waals surface area contributed by atoms with E-state index in [2.05, 4.69) is 25.9 Å². The summed E-state index contributed by atoms with van der Waals surface area (Å²) in [6, 6.07) is 9.01. The molecule has 0 aliphatic rings. The molecule has 0 saturated heterocycles. The monoisotopic (exact) mass is 276 g/mol. The molecule has 2 aromatic rings. The van der Waals surface area contributed by atoms with E-state index in [0.29, 0.717) is 15.9 Å². The molecule has 0 spiro atoms. The number of aromatic nitrogens is 2. The molecule has 0 unspecified atom stereocenters. The quantitative estimate of drug-likeness (QED) is 0.676. The van der Waals surface area contributed by atoms with E-state index in [1.54, 1.807) is 30.6 Å². The highest BCUT2D eigenvalue weighted by Crippen LogP contribution is 2.16. The Balaban J connectivity index is 2.32. The van der Waals surface area contributed by atoms with Crippen LogP contribution in [0.2, 0.25) is 0 Å². The second-order valence-electron chi connectivity index (χ2n) is 3.15. The van der Waals surface area contributed by atoms with Crippen molar-refractivity contribution in [1.82, 2.24) is 9.97 Å². The Morgan fingerprint density at radius 1 is 1.19 bits per heavy atom. The Bertz CT molecular complexity index is 511. The molecule has 1 N–H and O–H groups in total. The lowest BCUT2D eigenvalue weighted by Crippen LogP contribution is -1.86. The van der Waals surface area contributed by atoms with Gasteiger partial charge in [0.15, 0.2) is 0 Å². The van der Waals surface area contributed by atoms with Crippen LogP contribution in [0.15, 0.2) is 47.3 Å². The molecule has 3 nitrogen and oxygen atoms in total. The first-order valence-corrected chi connectivity index (χ1v) is 5.48. The van der Waals surface area contributed by atoms with Gasteiger partial charge >= 0.3 is 0 Å². The third-order valence-electron chi connectivity index (χ3n) is 1.99. The lowest BCUT2D eigenvalue weighted by molar-refractivity contribution is 0.515. The minimum Gasteiger partial charge on any atom is -0.507 e. The van der Waals surface area contributed by atoms with Crippen LogP contribution in [-0.4, -0.2) is 15.1 Å². The number of hydrogen-bond donors (Lipinski definition) is 1. The summed E-state index contributed by atoms with van der Waals surface area (Å²) in [4.78, 5) is 8.09. The smallest absolute Gasteiger partial charge is 0.125 e. The highest BCUT2D eigenvalue weighted by atomic mass is 79.9. The topological polar surface area (TPSA) is 46.0 Å². The van der Waals surface area contributed by atoms with E-state index in [1.165, 1.54) is 0 Å². The van der Waals surface area contributed by atoms with Gasteiger partial charge in [-0.15, -0.1) is 0 Å². The van der Waals surface area contributed by atoms with E-state index >= 15 is 0 Å². The molecule has 0 saturated carbocycles. The third-order valence-corrected chi connectivity index (χ3v) is 2.43. The second-order valence-corrected chi connectivity index (χ2v) is 3.96. The molecule has 0 bridgehead atoms. The van der Waals surface area contributed by atoms with Gasteiger partial charge in [0.05, 0.1) is 5.69 Å². The number of halogens is 1. The predicted molar refractivity (Wildman–Crippen MR) is 66.7 cm³/mol. The lowest BCUT2D eigenvalue weighted by Gasteiger charge is -2.00. The zero-order valence-corrected chi connectivity index (χ0v) is 9.92. The van der Waals surface area contributed by atoms with Crippen LogP contribution in [0.1, 0.15) is 11.3 Å². The number of hydrogen-bond acceptors (Lipinski definition) is 3. The van der Waals surface area contributed by atoms with E-state index in [1.807, 2.05) is 18.2 Å². The first-order chi connectivity index (χ1) is 7.75. The summed E-state index contributed by atoms with van der Waals surface area (Å²) in [6.45, 7) is 0. The molecule has 16 heavy (non-hydrogen) atoms. The summed E-state index contributed by atoms with van der Waals surface area (Å²) >= 11 is 3.25. The summed E-state index contributed by atoms with van der Waals surface area (Å²) in [5.41, 5.74) is 1.42. The van der Waals surface area contributed by atoms with Gasteiger partial charge in [-0.1, -0.05) is 6.07 Å². The maximum Gasteiger partial charge on any atom is 0.125 e. The van der Waals surface area contributed by atoms with E-state index in [0.717, 1.165) is 0 Å². The van der Waals surface area contributed by atoms with Gasteiger partial charge in [0, 0.05) is 24.0 Å². The molecule has 0 atom stereocenters. The largest absolute Gasteiger partial charge is 0.507 e. The van der Waals surface area contributed by atoms with Crippen LogP contribution in [0.3, 0.4) is 0 Å². The Morgan fingerprint density at radius 2 is 2.06 bits per heavy atom. The molecule has 2 rings (SSSR count). The number of aliphatic hydroxyl groups excluding tert-OH is 1. The molecule has 80 valence electrons. The van der Waals surface area contributed by atoms with Gasteiger partial charge in [0.2, 0.25) is 0 Å². The maximum atomic E-state index is 9.87. The lowest BCUT2D eigenvalue weighted by atomic mass is 10.2. The highest BCUT2D eigenvalue weighted by Gasteiger charge is 2.00. The summed E-state index contributed by atoms with van der Waals surface area (Å²) in [7, 11) is 0. The number of pyridine rings is 2. The molecule has 4 heteroatoms. The van der Waals surface area contributed by atoms with Gasteiger partial charge in [-0.3, -0.25) is 4.98 Å². The zero-order chi connectivity index (χ0) is 11.4. The molecule has 0 aromatic carbocycles. The van der Waals surface area contributed by atoms with Crippen LogP contribution in [-0.2, 0) is 0 Å². The molecule has 2 heterocycles. The SMILES string of the molecule is OC(=Cc1ccccn1)c1ccnc(Br)c1. The van der Waals surface area contributed by atoms with Gasteiger partial charge in [-0.2, -0.15) is 0 Å². The van der Waals surface area contributed by atoms with Gasteiger partial charge in [-0.05, 0) is 40.2 Å². The summed E-state index contributed by atoms with van der Waals surface area (Å²) in [6.07, 6.45) is 4.92. The molecule has 2 aromatic heterocycles. The second kappa shape index (κ2) is 4.90. The van der Waals surface area contributed by atoms with Crippen LogP contribution >= 0.6 is 15.9 Å². The van der Waals surface area contributed by atoms with Crippen LogP contribution < -0.4 is 0 Å². The van der Waals surface area contributed by atoms with Gasteiger partial charge in [-0.25, -0.2) is 4.98 Å². The van der Waals surface area contributed by atoms with E-state index in [4.69, 9.17) is 0 Å². The predicted octanol–water partition coefficient (Wildman–Crippen LogP) is 3.30. The molecule has 0 aliphatic carbocycles. The van der Waals surface area contributed by atoms with Gasteiger partial charge < -0.3 is 5.11 Å². The fourth-order valence-corrected chi connectivity index (χ4v) is 1.61. The minimum atomic E-state index is 0.168. The fraction of sp³-hybridized carbons (Fsp3) is 0. The average Bonchev–Trinajstić information content (AvgIpc) is 2.30. The Morgan fingerprint density at radius 3 is 2.75 bits per heavy atom. The maximum absolute atomic E-state index is 9.87. The number of nitrogens with zero attached hydrogens (tertiary/aromatic N) is 2. The average molecular weight is 277 g/mol. The summed E-state index contributed by atoms with van der Waals surface area (Å²) < 4.78 is 0.686. The van der Waals surface area contributed by atoms with Gasteiger partial charge in [0.1, 0.15) is 10.4 Å². The Kier molecular flexibility index (Phi) is 3.31. The first kappa shape index (κ1) is 10.8. The third kappa shape index (κ3) is 2.67. The van der Waals surface area contributed by atoms with Crippen molar-refractivity contribution in [1.29, 1.82) is 0 Å². The molecule has 0 radical (unpaired) electrons. The van der Waals surface area contributed by atoms with Crippen LogP contribution in [0, 0.1) is 0 Å². The van der Waals surface area contributed by atoms with Crippen molar-refractivity contribution in [2.75, 3.05) is 0 Å². The van der Waals surface area contributed by atoms with Crippen LogP contribution in [0.25, 0.3) is 11.8 Å². The van der Waals surface area contributed by atoms with Crippen LogP contribution in [0.4, 0.5) is 0 Å². The van der Waals surface area contributed by atoms with Crippen LogP contribution in [0.5, 0.6) is 0 Å². The summed E-state index contributed by atoms with van der Waals surface area (Å²) in [5, 5.41) is 9.87. The molecule has 0 fully saturated rings. The molecule has 0 aliphatic heterocycles. The van der Waals surface area contributed by atoms with Crippen molar-refractivity contribution < 1.29 is 5.11 Å². The van der Waals surface area contributed by atoms with Crippen molar-refractivity contribution in [2.45, 2.75) is 0 Å². The highest BCUT2D eigenvalue weighted by molar-refractivity contribution is 9.10. The van der Waals surface area contributed by atoms with Gasteiger partial charge in [0.25, 0.3) is 0 Å². The Hall–Kier alpha value is -1.68. The van der Waals surface area contributed by atoms with E-state index < -0.39 is 0 Å². The first-order valence-electron chi connectivity index (χ1n) is 4.69. The van der Waals surface area contributed by atoms with Crippen molar-refractivity contribution >= 4 is 27.8 Å². The normalized spacial score (nSPS) is 11.4. The Labute approximate surface area is 102 Å². The number of aliphatic hydroxyl groups is 1. The molecular formula is C12H9BrN2O.